The van der Waals surface area contributed by atoms with Crippen LogP contribution in [-0.2, 0) is 31.5 Å². The lowest BCUT2D eigenvalue weighted by atomic mass is 10.4. The fraction of sp³-hybridized carbons (Fsp3) is 0.625. The Kier molecular flexibility index (Phi) is 4.48. The van der Waals surface area contributed by atoms with Crippen LogP contribution < -0.4 is 0 Å². The minimum absolute atomic E-state index is 0.136. The lowest BCUT2D eigenvalue weighted by molar-refractivity contribution is 0.247. The van der Waals surface area contributed by atoms with Crippen LogP contribution in [0, 0.1) is 0 Å². The van der Waals surface area contributed by atoms with Gasteiger partial charge in [0, 0.05) is 19.4 Å². The molecule has 0 radical (unpaired) electrons. The Balaban J connectivity index is 3.05. The molecule has 1 unspecified atom stereocenters. The minimum atomic E-state index is -4.60. The van der Waals surface area contributed by atoms with Crippen LogP contribution >= 0.6 is 0 Å². The molecule has 104 valence electrons. The summed E-state index contributed by atoms with van der Waals surface area (Å²) in [4.78, 5) is 3.56. The summed E-state index contributed by atoms with van der Waals surface area (Å²) in [6.07, 6.45) is 2.81. The minimum Gasteiger partial charge on any atom is -0.323 e. The predicted molar refractivity (Wildman–Crippen MR) is 61.7 cm³/mol. The molecule has 1 atom stereocenters. The zero-order valence-corrected chi connectivity index (χ0v) is 11.5. The Hall–Kier alpha value is -0.970. The van der Waals surface area contributed by atoms with Gasteiger partial charge in [0.25, 0.3) is 15.3 Å². The molecule has 0 aliphatic rings. The summed E-state index contributed by atoms with van der Waals surface area (Å²) in [6.45, 7) is 1.63. The first kappa shape index (κ1) is 15.1. The van der Waals surface area contributed by atoms with Gasteiger partial charge in [-0.1, -0.05) is 13.3 Å². The number of aromatic nitrogens is 2. The van der Waals surface area contributed by atoms with E-state index in [1.165, 1.54) is 24.0 Å². The molecule has 18 heavy (non-hydrogen) atoms. The second-order valence-corrected chi connectivity index (χ2v) is 6.63. The number of nitrogens with zero attached hydrogens (tertiary/aromatic N) is 2. The van der Waals surface area contributed by atoms with Crippen molar-refractivity contribution in [2.45, 2.75) is 30.4 Å². The maximum Gasteiger partial charge on any atom is 0.332 e. The number of rotatable bonds is 6. The van der Waals surface area contributed by atoms with Crippen LogP contribution in [0.3, 0.4) is 0 Å². The molecule has 1 heterocycles. The van der Waals surface area contributed by atoms with Crippen LogP contribution in [0.5, 0.6) is 0 Å². The van der Waals surface area contributed by atoms with Gasteiger partial charge in [0.1, 0.15) is 0 Å². The Bertz CT molecular complexity index is 603. The van der Waals surface area contributed by atoms with Crippen LogP contribution in [0.4, 0.5) is 0 Å². The average molecular weight is 298 g/mol. The van der Waals surface area contributed by atoms with Crippen molar-refractivity contribution in [1.82, 2.24) is 9.55 Å². The maximum atomic E-state index is 11.8. The van der Waals surface area contributed by atoms with E-state index in [1.807, 2.05) is 0 Å². The van der Waals surface area contributed by atoms with Crippen LogP contribution in [-0.4, -0.2) is 36.4 Å². The number of hydrogen-bond donors (Lipinski definition) is 1. The first-order chi connectivity index (χ1) is 8.18. The second-order valence-electron chi connectivity index (χ2n) is 3.60. The zero-order chi connectivity index (χ0) is 14.0. The summed E-state index contributed by atoms with van der Waals surface area (Å²) >= 11 is 0. The summed E-state index contributed by atoms with van der Waals surface area (Å²) < 4.78 is 60.1. The Labute approximate surface area is 105 Å². The molecule has 1 rings (SSSR count). The van der Waals surface area contributed by atoms with E-state index in [4.69, 9.17) is 4.55 Å². The van der Waals surface area contributed by atoms with Crippen molar-refractivity contribution in [2.75, 3.05) is 0 Å². The van der Waals surface area contributed by atoms with Crippen LogP contribution in [0.2, 0.25) is 0 Å². The standard InChI is InChI=1S/C8H14N2O6S2/c1-3-4-7(17(11,12)13)16-18(14,15)8-9-5-6-10(8)2/h5-7H,3-4H2,1-2H3,(H,11,12,13). The highest BCUT2D eigenvalue weighted by Gasteiger charge is 2.32. The second kappa shape index (κ2) is 5.34. The first-order valence-corrected chi connectivity index (χ1v) is 7.96. The van der Waals surface area contributed by atoms with Gasteiger partial charge in [0.2, 0.25) is 5.44 Å². The van der Waals surface area contributed by atoms with Gasteiger partial charge in [-0.25, -0.2) is 9.17 Å². The molecule has 0 aliphatic heterocycles. The summed E-state index contributed by atoms with van der Waals surface area (Å²) in [5, 5.41) is -0.424. The highest BCUT2D eigenvalue weighted by Crippen LogP contribution is 2.17. The van der Waals surface area contributed by atoms with Crippen molar-refractivity contribution < 1.29 is 25.6 Å². The SMILES string of the molecule is CCCC(OS(=O)(=O)c1nccn1C)S(=O)(=O)O. The van der Waals surface area contributed by atoms with Gasteiger partial charge in [-0.05, 0) is 6.42 Å². The largest absolute Gasteiger partial charge is 0.332 e. The smallest absolute Gasteiger partial charge is 0.323 e. The van der Waals surface area contributed by atoms with Crippen molar-refractivity contribution in [3.05, 3.63) is 12.4 Å². The van der Waals surface area contributed by atoms with E-state index in [9.17, 15) is 16.8 Å². The molecule has 0 spiro atoms. The van der Waals surface area contributed by atoms with E-state index >= 15 is 0 Å². The molecule has 1 aromatic rings. The third kappa shape index (κ3) is 3.51. The number of aryl methyl sites for hydroxylation is 1. The van der Waals surface area contributed by atoms with Crippen LogP contribution in [0.25, 0.3) is 0 Å². The van der Waals surface area contributed by atoms with Crippen LogP contribution in [0.1, 0.15) is 19.8 Å². The molecule has 1 aromatic heterocycles. The molecule has 0 aromatic carbocycles. The lowest BCUT2D eigenvalue weighted by Crippen LogP contribution is -2.28. The van der Waals surface area contributed by atoms with Crippen molar-refractivity contribution in [1.29, 1.82) is 0 Å². The average Bonchev–Trinajstić information content (AvgIpc) is 2.63. The molecule has 0 saturated heterocycles. The molecule has 0 bridgehead atoms. The molecule has 0 fully saturated rings. The summed E-state index contributed by atoms with van der Waals surface area (Å²) in [6, 6.07) is 0. The monoisotopic (exact) mass is 298 g/mol. The normalized spacial score (nSPS) is 14.6. The molecular weight excluding hydrogens is 284 g/mol. The fourth-order valence-corrected chi connectivity index (χ4v) is 3.57. The molecular formula is C8H14N2O6S2. The van der Waals surface area contributed by atoms with Gasteiger partial charge in [-0.2, -0.15) is 16.8 Å². The summed E-state index contributed by atoms with van der Waals surface area (Å²) in [5.41, 5.74) is -1.82. The van der Waals surface area contributed by atoms with Gasteiger partial charge < -0.3 is 4.57 Å². The molecule has 1 N–H and O–H groups in total. The van der Waals surface area contributed by atoms with Gasteiger partial charge in [-0.15, -0.1) is 0 Å². The topological polar surface area (TPSA) is 116 Å². The van der Waals surface area contributed by atoms with Crippen molar-refractivity contribution in [2.24, 2.45) is 7.05 Å². The van der Waals surface area contributed by atoms with Gasteiger partial charge in [-0.3, -0.25) is 4.55 Å². The predicted octanol–water partition coefficient (Wildman–Crippen LogP) is 0.139. The zero-order valence-electron chi connectivity index (χ0n) is 9.85. The third-order valence-electron chi connectivity index (χ3n) is 2.09. The van der Waals surface area contributed by atoms with Crippen molar-refractivity contribution >= 4 is 20.2 Å². The molecule has 0 amide bonds. The quantitative estimate of drug-likeness (QED) is 0.586. The van der Waals surface area contributed by atoms with E-state index in [1.54, 1.807) is 6.92 Å². The van der Waals surface area contributed by atoms with Crippen molar-refractivity contribution in [3.63, 3.8) is 0 Å². The van der Waals surface area contributed by atoms with E-state index in [0.29, 0.717) is 6.42 Å². The highest BCUT2D eigenvalue weighted by molar-refractivity contribution is 7.89. The highest BCUT2D eigenvalue weighted by atomic mass is 32.2. The molecule has 0 saturated carbocycles. The molecule has 8 nitrogen and oxygen atoms in total. The number of hydrogen-bond acceptors (Lipinski definition) is 6. The van der Waals surface area contributed by atoms with E-state index in [0.717, 1.165) is 0 Å². The summed E-state index contributed by atoms with van der Waals surface area (Å²) in [5.74, 6) is 0. The van der Waals surface area contributed by atoms with E-state index in [-0.39, 0.29) is 6.42 Å². The Morgan fingerprint density at radius 1 is 1.44 bits per heavy atom. The molecule has 10 heteroatoms. The molecule has 0 aliphatic carbocycles. The Morgan fingerprint density at radius 3 is 2.44 bits per heavy atom. The lowest BCUT2D eigenvalue weighted by Gasteiger charge is -2.13. The van der Waals surface area contributed by atoms with Crippen LogP contribution in [0.15, 0.2) is 17.6 Å². The van der Waals surface area contributed by atoms with Gasteiger partial charge >= 0.3 is 10.1 Å². The fourth-order valence-electron chi connectivity index (χ4n) is 1.26. The Morgan fingerprint density at radius 2 is 2.06 bits per heavy atom. The van der Waals surface area contributed by atoms with Gasteiger partial charge in [0.15, 0.2) is 0 Å². The van der Waals surface area contributed by atoms with E-state index in [2.05, 4.69) is 9.17 Å². The van der Waals surface area contributed by atoms with Crippen molar-refractivity contribution in [3.8, 4) is 0 Å². The number of imidazole rings is 1. The van der Waals surface area contributed by atoms with Gasteiger partial charge in [0.05, 0.1) is 0 Å². The third-order valence-corrected chi connectivity index (χ3v) is 4.54. The first-order valence-electron chi connectivity index (χ1n) is 5.05. The van der Waals surface area contributed by atoms with E-state index < -0.39 is 30.8 Å². The maximum absolute atomic E-state index is 11.8. The summed E-state index contributed by atoms with van der Waals surface area (Å²) in [7, 11) is -7.52.